The van der Waals surface area contributed by atoms with Crippen LogP contribution in [0.15, 0.2) is 24.3 Å². The largest absolute Gasteiger partial charge is 0.396 e. The molecule has 0 bridgehead atoms. The van der Waals surface area contributed by atoms with Gasteiger partial charge in [-0.1, -0.05) is 32.4 Å². The Morgan fingerprint density at radius 3 is 2.67 bits per heavy atom. The van der Waals surface area contributed by atoms with Gasteiger partial charge < -0.3 is 10.0 Å². The van der Waals surface area contributed by atoms with Crippen molar-refractivity contribution in [3.63, 3.8) is 0 Å². The normalized spacial score (nSPS) is 14.8. The van der Waals surface area contributed by atoms with E-state index in [0.717, 1.165) is 24.9 Å². The molecule has 18 heavy (non-hydrogen) atoms. The molecule has 0 aliphatic rings. The van der Waals surface area contributed by atoms with Crippen LogP contribution in [-0.2, 0) is 6.54 Å². The van der Waals surface area contributed by atoms with Crippen molar-refractivity contribution in [2.24, 2.45) is 5.41 Å². The minimum Gasteiger partial charge on any atom is -0.396 e. The molecule has 0 aliphatic carbocycles. The van der Waals surface area contributed by atoms with E-state index in [9.17, 15) is 9.50 Å². The molecule has 102 valence electrons. The van der Waals surface area contributed by atoms with Crippen molar-refractivity contribution in [1.82, 2.24) is 4.90 Å². The Labute approximate surface area is 109 Å². The van der Waals surface area contributed by atoms with Crippen LogP contribution in [0, 0.1) is 11.2 Å². The number of hydrogen-bond donors (Lipinski definition) is 1. The van der Waals surface area contributed by atoms with Crippen LogP contribution in [0.5, 0.6) is 0 Å². The first-order valence-corrected chi connectivity index (χ1v) is 6.53. The first-order valence-electron chi connectivity index (χ1n) is 6.53. The van der Waals surface area contributed by atoms with Crippen LogP contribution in [0.25, 0.3) is 0 Å². The molecule has 1 N–H and O–H groups in total. The van der Waals surface area contributed by atoms with Gasteiger partial charge >= 0.3 is 0 Å². The number of aliphatic hydroxyl groups excluding tert-OH is 1. The topological polar surface area (TPSA) is 23.5 Å². The number of rotatable bonds is 7. The molecule has 1 aromatic rings. The highest BCUT2D eigenvalue weighted by Crippen LogP contribution is 2.24. The second-order valence-corrected chi connectivity index (χ2v) is 5.52. The average Bonchev–Trinajstić information content (AvgIpc) is 2.29. The zero-order chi connectivity index (χ0) is 13.6. The predicted molar refractivity (Wildman–Crippen MR) is 72.8 cm³/mol. The lowest BCUT2D eigenvalue weighted by atomic mass is 9.86. The number of nitrogens with zero attached hydrogens (tertiary/aromatic N) is 1. The summed E-state index contributed by atoms with van der Waals surface area (Å²) in [6, 6.07) is 6.68. The minimum atomic E-state index is -0.195. The Hall–Kier alpha value is -0.930. The van der Waals surface area contributed by atoms with Gasteiger partial charge in [0, 0.05) is 25.1 Å². The predicted octanol–water partition coefficient (Wildman–Crippen LogP) is 3.06. The van der Waals surface area contributed by atoms with Crippen LogP contribution < -0.4 is 0 Å². The Morgan fingerprint density at radius 2 is 2.11 bits per heavy atom. The lowest BCUT2D eigenvalue weighted by Gasteiger charge is -2.32. The maximum Gasteiger partial charge on any atom is 0.123 e. The molecule has 0 amide bonds. The summed E-state index contributed by atoms with van der Waals surface area (Å²) in [6.07, 6.45) is 2.06. The molecule has 0 radical (unpaired) electrons. The number of benzene rings is 1. The van der Waals surface area contributed by atoms with E-state index in [1.54, 1.807) is 12.1 Å². The highest BCUT2D eigenvalue weighted by atomic mass is 19.1. The Kier molecular flexibility index (Phi) is 5.76. The van der Waals surface area contributed by atoms with Crippen molar-refractivity contribution >= 4 is 0 Å². The molecule has 0 aromatic heterocycles. The molecule has 0 aliphatic heterocycles. The van der Waals surface area contributed by atoms with E-state index >= 15 is 0 Å². The van der Waals surface area contributed by atoms with Crippen LogP contribution in [0.2, 0.25) is 0 Å². The van der Waals surface area contributed by atoms with Gasteiger partial charge in [-0.15, -0.1) is 0 Å². The van der Waals surface area contributed by atoms with Gasteiger partial charge in [-0.2, -0.15) is 0 Å². The zero-order valence-corrected chi connectivity index (χ0v) is 11.6. The molecule has 0 saturated heterocycles. The quantitative estimate of drug-likeness (QED) is 0.807. The van der Waals surface area contributed by atoms with Crippen molar-refractivity contribution in [3.8, 4) is 0 Å². The van der Waals surface area contributed by atoms with E-state index in [4.69, 9.17) is 0 Å². The van der Waals surface area contributed by atoms with Gasteiger partial charge in [0.1, 0.15) is 5.82 Å². The molecule has 0 fully saturated rings. The maximum absolute atomic E-state index is 13.1. The third-order valence-corrected chi connectivity index (χ3v) is 3.23. The van der Waals surface area contributed by atoms with Gasteiger partial charge in [-0.3, -0.25) is 0 Å². The van der Waals surface area contributed by atoms with E-state index in [1.165, 1.54) is 6.07 Å². The van der Waals surface area contributed by atoms with Crippen molar-refractivity contribution in [3.05, 3.63) is 35.6 Å². The third-order valence-electron chi connectivity index (χ3n) is 3.23. The van der Waals surface area contributed by atoms with Gasteiger partial charge in [0.15, 0.2) is 0 Å². The Balaban J connectivity index is 2.57. The van der Waals surface area contributed by atoms with Crippen LogP contribution in [0.3, 0.4) is 0 Å². The van der Waals surface area contributed by atoms with Gasteiger partial charge in [-0.05, 0) is 31.2 Å². The monoisotopic (exact) mass is 253 g/mol. The average molecular weight is 253 g/mol. The van der Waals surface area contributed by atoms with Crippen molar-refractivity contribution in [2.45, 2.75) is 33.2 Å². The molecule has 0 spiro atoms. The SMILES string of the molecule is CCCC(C)(CO)CN(C)Cc1cccc(F)c1. The molecule has 1 atom stereocenters. The van der Waals surface area contributed by atoms with Crippen LogP contribution in [0.1, 0.15) is 32.3 Å². The standard InChI is InChI=1S/C15H24FNO/c1-4-8-15(2,12-18)11-17(3)10-13-6-5-7-14(16)9-13/h5-7,9,18H,4,8,10-12H2,1-3H3. The summed E-state index contributed by atoms with van der Waals surface area (Å²) in [7, 11) is 2.01. The molecule has 2 nitrogen and oxygen atoms in total. The summed E-state index contributed by atoms with van der Waals surface area (Å²) >= 11 is 0. The van der Waals surface area contributed by atoms with Crippen molar-refractivity contribution in [1.29, 1.82) is 0 Å². The van der Waals surface area contributed by atoms with Gasteiger partial charge in [0.25, 0.3) is 0 Å². The summed E-state index contributed by atoms with van der Waals surface area (Å²) in [6.45, 7) is 5.93. The molecule has 3 heteroatoms. The van der Waals surface area contributed by atoms with E-state index in [-0.39, 0.29) is 17.8 Å². The lowest BCUT2D eigenvalue weighted by molar-refractivity contribution is 0.0878. The third kappa shape index (κ3) is 4.75. The molecular formula is C15H24FNO. The molecular weight excluding hydrogens is 229 g/mol. The summed E-state index contributed by atoms with van der Waals surface area (Å²) in [5, 5.41) is 9.49. The van der Waals surface area contributed by atoms with E-state index in [0.29, 0.717) is 6.54 Å². The number of halogens is 1. The summed E-state index contributed by atoms with van der Waals surface area (Å²) in [4.78, 5) is 2.14. The number of aliphatic hydroxyl groups is 1. The zero-order valence-electron chi connectivity index (χ0n) is 11.6. The van der Waals surface area contributed by atoms with Gasteiger partial charge in [-0.25, -0.2) is 4.39 Å². The van der Waals surface area contributed by atoms with Gasteiger partial charge in [0.2, 0.25) is 0 Å². The molecule has 1 unspecified atom stereocenters. The van der Waals surface area contributed by atoms with Crippen LogP contribution in [-0.4, -0.2) is 30.2 Å². The maximum atomic E-state index is 13.1. The molecule has 0 saturated carbocycles. The van der Waals surface area contributed by atoms with E-state index in [1.807, 2.05) is 13.1 Å². The van der Waals surface area contributed by atoms with E-state index in [2.05, 4.69) is 18.7 Å². The second-order valence-electron chi connectivity index (χ2n) is 5.52. The second kappa shape index (κ2) is 6.86. The minimum absolute atomic E-state index is 0.0726. The summed E-state index contributed by atoms with van der Waals surface area (Å²) < 4.78 is 13.1. The molecule has 0 heterocycles. The summed E-state index contributed by atoms with van der Waals surface area (Å²) in [5.41, 5.74) is 0.894. The molecule has 1 aromatic carbocycles. The molecule has 1 rings (SSSR count). The fourth-order valence-corrected chi connectivity index (χ4v) is 2.47. The highest BCUT2D eigenvalue weighted by Gasteiger charge is 2.24. The fourth-order valence-electron chi connectivity index (χ4n) is 2.47. The van der Waals surface area contributed by atoms with Gasteiger partial charge in [0.05, 0.1) is 0 Å². The van der Waals surface area contributed by atoms with E-state index < -0.39 is 0 Å². The lowest BCUT2D eigenvalue weighted by Crippen LogP contribution is -2.35. The first kappa shape index (κ1) is 15.1. The highest BCUT2D eigenvalue weighted by molar-refractivity contribution is 5.16. The smallest absolute Gasteiger partial charge is 0.123 e. The fraction of sp³-hybridized carbons (Fsp3) is 0.600. The number of hydrogen-bond acceptors (Lipinski definition) is 2. The Morgan fingerprint density at radius 1 is 1.39 bits per heavy atom. The van der Waals surface area contributed by atoms with Crippen molar-refractivity contribution in [2.75, 3.05) is 20.2 Å². The van der Waals surface area contributed by atoms with Crippen LogP contribution in [0.4, 0.5) is 4.39 Å². The summed E-state index contributed by atoms with van der Waals surface area (Å²) in [5.74, 6) is -0.195. The Bertz CT molecular complexity index is 369. The van der Waals surface area contributed by atoms with Crippen molar-refractivity contribution < 1.29 is 9.50 Å². The first-order chi connectivity index (χ1) is 8.49. The van der Waals surface area contributed by atoms with Crippen LogP contribution >= 0.6 is 0 Å².